The fraction of sp³-hybridized carbons (Fsp3) is 0.105. The van der Waals surface area contributed by atoms with Crippen LogP contribution in [0.1, 0.15) is 11.5 Å². The number of pyridine rings is 1. The zero-order valence-corrected chi connectivity index (χ0v) is 15.1. The summed E-state index contributed by atoms with van der Waals surface area (Å²) in [5.74, 6) is 1.37. The topological polar surface area (TPSA) is 95.0 Å². The van der Waals surface area contributed by atoms with E-state index in [-0.39, 0.29) is 5.69 Å². The largest absolute Gasteiger partial charge is 0.338 e. The molecule has 0 N–H and O–H groups in total. The van der Waals surface area contributed by atoms with Crippen LogP contribution in [0.2, 0.25) is 0 Å². The van der Waals surface area contributed by atoms with Crippen molar-refractivity contribution in [3.63, 3.8) is 0 Å². The van der Waals surface area contributed by atoms with E-state index in [1.54, 1.807) is 12.1 Å². The molecular formula is C19H14N4O3S. The lowest BCUT2D eigenvalue weighted by Crippen LogP contribution is -1.89. The molecule has 0 aliphatic rings. The lowest BCUT2D eigenvalue weighted by Gasteiger charge is -2.04. The highest BCUT2D eigenvalue weighted by atomic mass is 32.2. The zero-order chi connectivity index (χ0) is 18.8. The summed E-state index contributed by atoms with van der Waals surface area (Å²) in [5.41, 5.74) is 2.81. The second-order valence-electron chi connectivity index (χ2n) is 5.90. The molecule has 0 saturated carbocycles. The Hall–Kier alpha value is -3.26. The Balaban J connectivity index is 1.49. The number of nitrogens with zero attached hydrogens (tertiary/aromatic N) is 4. The summed E-state index contributed by atoms with van der Waals surface area (Å²) in [6.45, 7) is 2.06. The van der Waals surface area contributed by atoms with Gasteiger partial charge in [0.05, 0.1) is 21.2 Å². The maximum absolute atomic E-state index is 10.7. The molecule has 2 aromatic carbocycles. The monoisotopic (exact) mass is 378 g/mol. The van der Waals surface area contributed by atoms with Crippen LogP contribution in [0.5, 0.6) is 0 Å². The van der Waals surface area contributed by atoms with Gasteiger partial charge in [-0.25, -0.2) is 4.98 Å². The molecular weight excluding hydrogens is 364 g/mol. The van der Waals surface area contributed by atoms with Crippen molar-refractivity contribution < 1.29 is 9.45 Å². The first-order valence-electron chi connectivity index (χ1n) is 8.17. The van der Waals surface area contributed by atoms with Crippen molar-refractivity contribution in [2.75, 3.05) is 0 Å². The number of nitro benzene ring substituents is 1. The lowest BCUT2D eigenvalue weighted by molar-refractivity contribution is -0.384. The minimum absolute atomic E-state index is 0.0239. The Morgan fingerprint density at radius 1 is 1.11 bits per heavy atom. The van der Waals surface area contributed by atoms with Crippen LogP contribution in [-0.4, -0.2) is 20.0 Å². The third kappa shape index (κ3) is 3.65. The van der Waals surface area contributed by atoms with Crippen LogP contribution in [0.25, 0.3) is 22.3 Å². The number of aryl methyl sites for hydroxylation is 1. The molecule has 0 unspecified atom stereocenters. The van der Waals surface area contributed by atoms with E-state index in [1.165, 1.54) is 29.5 Å². The first kappa shape index (κ1) is 17.2. The van der Waals surface area contributed by atoms with E-state index < -0.39 is 4.92 Å². The number of nitro groups is 1. The van der Waals surface area contributed by atoms with Crippen molar-refractivity contribution in [1.29, 1.82) is 0 Å². The van der Waals surface area contributed by atoms with Crippen molar-refractivity contribution in [1.82, 2.24) is 15.1 Å². The number of aromatic nitrogens is 3. The summed E-state index contributed by atoms with van der Waals surface area (Å²) in [5, 5.41) is 16.7. The van der Waals surface area contributed by atoms with Crippen LogP contribution in [0.3, 0.4) is 0 Å². The maximum atomic E-state index is 10.7. The highest BCUT2D eigenvalue weighted by Crippen LogP contribution is 2.27. The minimum atomic E-state index is -0.444. The number of fused-ring (bicyclic) bond motifs is 1. The quantitative estimate of drug-likeness (QED) is 0.280. The van der Waals surface area contributed by atoms with Crippen LogP contribution in [0.4, 0.5) is 5.69 Å². The summed E-state index contributed by atoms with van der Waals surface area (Å²) < 4.78 is 5.29. The Morgan fingerprint density at radius 3 is 2.67 bits per heavy atom. The third-order valence-electron chi connectivity index (χ3n) is 4.05. The molecule has 8 heteroatoms. The van der Waals surface area contributed by atoms with Crippen LogP contribution < -0.4 is 0 Å². The van der Waals surface area contributed by atoms with Crippen molar-refractivity contribution in [2.45, 2.75) is 17.7 Å². The molecule has 0 spiro atoms. The summed E-state index contributed by atoms with van der Waals surface area (Å²) in [6.07, 6.45) is 0. The average Bonchev–Trinajstić information content (AvgIpc) is 3.15. The number of benzene rings is 2. The van der Waals surface area contributed by atoms with Gasteiger partial charge in [-0.05, 0) is 36.8 Å². The molecule has 2 heterocycles. The smallest absolute Gasteiger partial charge is 0.269 e. The van der Waals surface area contributed by atoms with E-state index in [9.17, 15) is 10.1 Å². The van der Waals surface area contributed by atoms with Gasteiger partial charge in [-0.1, -0.05) is 35.1 Å². The highest BCUT2D eigenvalue weighted by molar-refractivity contribution is 7.98. The summed E-state index contributed by atoms with van der Waals surface area (Å²) in [6, 6.07) is 16.1. The SMILES string of the molecule is Cc1cc(SCc2nc(-c3ccc([N+](=O)[O-])cc3)no2)nc2ccccc12. The van der Waals surface area contributed by atoms with Gasteiger partial charge in [-0.2, -0.15) is 4.98 Å². The van der Waals surface area contributed by atoms with Crippen LogP contribution in [0, 0.1) is 17.0 Å². The molecule has 0 fully saturated rings. The number of hydrogen-bond donors (Lipinski definition) is 0. The predicted octanol–water partition coefficient (Wildman–Crippen LogP) is 4.79. The molecule has 0 atom stereocenters. The molecule has 0 radical (unpaired) electrons. The Bertz CT molecular complexity index is 1130. The fourth-order valence-electron chi connectivity index (χ4n) is 2.69. The van der Waals surface area contributed by atoms with Crippen molar-refractivity contribution in [3.05, 3.63) is 76.2 Å². The van der Waals surface area contributed by atoms with Crippen molar-refractivity contribution in [2.24, 2.45) is 0 Å². The van der Waals surface area contributed by atoms with Gasteiger partial charge in [0.1, 0.15) is 0 Å². The number of para-hydroxylation sites is 1. The number of hydrogen-bond acceptors (Lipinski definition) is 7. The summed E-state index contributed by atoms with van der Waals surface area (Å²) in [4.78, 5) is 19.3. The molecule has 0 amide bonds. The van der Waals surface area contributed by atoms with Gasteiger partial charge in [0, 0.05) is 23.1 Å². The maximum Gasteiger partial charge on any atom is 0.269 e. The van der Waals surface area contributed by atoms with Crippen molar-refractivity contribution >= 4 is 28.4 Å². The number of non-ortho nitro benzene ring substituents is 1. The van der Waals surface area contributed by atoms with E-state index in [1.807, 2.05) is 24.3 Å². The molecule has 0 aliphatic heterocycles. The molecule has 7 nitrogen and oxygen atoms in total. The van der Waals surface area contributed by atoms with Gasteiger partial charge in [0.2, 0.25) is 11.7 Å². The second kappa shape index (κ2) is 7.16. The van der Waals surface area contributed by atoms with Crippen LogP contribution in [-0.2, 0) is 5.75 Å². The molecule has 0 bridgehead atoms. The zero-order valence-electron chi connectivity index (χ0n) is 14.3. The lowest BCUT2D eigenvalue weighted by atomic mass is 10.1. The van der Waals surface area contributed by atoms with Gasteiger partial charge >= 0.3 is 0 Å². The Labute approximate surface area is 158 Å². The number of thioether (sulfide) groups is 1. The summed E-state index contributed by atoms with van der Waals surface area (Å²) in [7, 11) is 0. The molecule has 4 rings (SSSR count). The van der Waals surface area contributed by atoms with E-state index in [4.69, 9.17) is 4.52 Å². The van der Waals surface area contributed by atoms with E-state index in [0.29, 0.717) is 23.0 Å². The first-order valence-corrected chi connectivity index (χ1v) is 9.15. The Morgan fingerprint density at radius 2 is 1.89 bits per heavy atom. The number of rotatable bonds is 5. The minimum Gasteiger partial charge on any atom is -0.338 e. The fourth-order valence-corrected chi connectivity index (χ4v) is 3.50. The van der Waals surface area contributed by atoms with Gasteiger partial charge in [-0.3, -0.25) is 10.1 Å². The molecule has 0 saturated heterocycles. The first-order chi connectivity index (χ1) is 13.1. The van der Waals surface area contributed by atoms with E-state index in [2.05, 4.69) is 28.1 Å². The predicted molar refractivity (Wildman–Crippen MR) is 102 cm³/mol. The highest BCUT2D eigenvalue weighted by Gasteiger charge is 2.12. The van der Waals surface area contributed by atoms with Gasteiger partial charge in [0.25, 0.3) is 5.69 Å². The molecule has 2 aromatic heterocycles. The van der Waals surface area contributed by atoms with Gasteiger partial charge in [0.15, 0.2) is 0 Å². The second-order valence-corrected chi connectivity index (χ2v) is 6.89. The van der Waals surface area contributed by atoms with Crippen LogP contribution in [0.15, 0.2) is 64.1 Å². The molecule has 4 aromatic rings. The third-order valence-corrected chi connectivity index (χ3v) is 4.94. The van der Waals surface area contributed by atoms with Gasteiger partial charge in [-0.15, -0.1) is 0 Å². The van der Waals surface area contributed by atoms with Crippen LogP contribution >= 0.6 is 11.8 Å². The molecule has 0 aliphatic carbocycles. The molecule has 134 valence electrons. The normalized spacial score (nSPS) is 11.0. The van der Waals surface area contributed by atoms with Crippen molar-refractivity contribution in [3.8, 4) is 11.4 Å². The van der Waals surface area contributed by atoms with E-state index >= 15 is 0 Å². The molecule has 27 heavy (non-hydrogen) atoms. The Kier molecular flexibility index (Phi) is 4.55. The average molecular weight is 378 g/mol. The van der Waals surface area contributed by atoms with Gasteiger partial charge < -0.3 is 4.52 Å². The standard InChI is InChI=1S/C19H14N4O3S/c1-12-10-18(20-16-5-3-2-4-15(12)16)27-11-17-21-19(22-26-17)13-6-8-14(9-7-13)23(24)25/h2-10H,11H2,1H3. The summed E-state index contributed by atoms with van der Waals surface area (Å²) >= 11 is 1.52. The van der Waals surface area contributed by atoms with E-state index in [0.717, 1.165) is 15.9 Å².